The number of fused-ring (bicyclic) bond motifs is 2. The number of rotatable bonds is 1. The van der Waals surface area contributed by atoms with Crippen molar-refractivity contribution in [3.63, 3.8) is 0 Å². The van der Waals surface area contributed by atoms with Crippen LogP contribution >= 0.6 is 0 Å². The number of hydrogen-bond acceptors (Lipinski definition) is 11. The largest absolute Gasteiger partial charge is 0.463 e. The first-order valence-corrected chi connectivity index (χ1v) is 14.0. The summed E-state index contributed by atoms with van der Waals surface area (Å²) in [4.78, 5) is 50.4. The molecule has 4 heterocycles. The number of allylic oxidation sites excluding steroid dienone is 2. The molecule has 0 amide bonds. The fraction of sp³-hybridized carbons (Fsp3) is 0.724. The van der Waals surface area contributed by atoms with E-state index in [0.717, 1.165) is 0 Å². The molecular formula is C29H36O11. The van der Waals surface area contributed by atoms with Crippen LogP contribution in [0.5, 0.6) is 0 Å². The first-order chi connectivity index (χ1) is 19.0. The minimum absolute atomic E-state index is 0.000405. The lowest BCUT2D eigenvalue weighted by molar-refractivity contribution is -0.253. The maximum absolute atomic E-state index is 13.5. The highest BCUT2D eigenvalue weighted by Gasteiger charge is 2.86. The molecule has 2 aliphatic carbocycles. The fourth-order valence-electron chi connectivity index (χ4n) is 7.69. The van der Waals surface area contributed by atoms with Crippen LogP contribution in [-0.2, 0) is 52.3 Å². The zero-order valence-electron chi connectivity index (χ0n) is 23.2. The molecule has 2 saturated carbocycles. The molecule has 5 fully saturated rings. The minimum atomic E-state index is -1.19. The molecule has 2 spiro atoms. The third kappa shape index (κ3) is 4.03. The van der Waals surface area contributed by atoms with Crippen molar-refractivity contribution in [1.29, 1.82) is 0 Å². The summed E-state index contributed by atoms with van der Waals surface area (Å²) in [5.74, 6) is -2.98. The number of carbonyl (C=O) groups excluding carboxylic acids is 4. The molecule has 10 atom stereocenters. The van der Waals surface area contributed by atoms with Gasteiger partial charge in [-0.2, -0.15) is 0 Å². The van der Waals surface area contributed by atoms with Gasteiger partial charge in [0.1, 0.15) is 24.4 Å². The van der Waals surface area contributed by atoms with Crippen LogP contribution in [0.2, 0.25) is 0 Å². The van der Waals surface area contributed by atoms with Gasteiger partial charge in [-0.25, -0.2) is 14.4 Å². The molecule has 6 rings (SSSR count). The van der Waals surface area contributed by atoms with Gasteiger partial charge in [0.2, 0.25) is 6.10 Å². The van der Waals surface area contributed by atoms with E-state index >= 15 is 0 Å². The lowest BCUT2D eigenvalue weighted by Crippen LogP contribution is -2.69. The maximum Gasteiger partial charge on any atom is 0.347 e. The average Bonchev–Trinajstić information content (AvgIpc) is 3.81. The van der Waals surface area contributed by atoms with Gasteiger partial charge in [-0.15, -0.1) is 0 Å². The summed E-state index contributed by atoms with van der Waals surface area (Å²) in [5.41, 5.74) is -2.53. The highest BCUT2D eigenvalue weighted by atomic mass is 16.7. The van der Waals surface area contributed by atoms with Gasteiger partial charge in [-0.1, -0.05) is 26.0 Å². The Bertz CT molecular complexity index is 1170. The predicted molar refractivity (Wildman–Crippen MR) is 134 cm³/mol. The lowest BCUT2D eigenvalue weighted by atomic mass is 9.50. The molecule has 6 aliphatic rings. The van der Waals surface area contributed by atoms with Crippen LogP contribution in [0.1, 0.15) is 53.4 Å². The van der Waals surface area contributed by atoms with Crippen molar-refractivity contribution >= 4 is 23.9 Å². The van der Waals surface area contributed by atoms with Gasteiger partial charge >= 0.3 is 23.9 Å². The summed E-state index contributed by atoms with van der Waals surface area (Å²) < 4.78 is 41.7. The van der Waals surface area contributed by atoms with E-state index in [9.17, 15) is 19.2 Å². The zero-order valence-corrected chi connectivity index (χ0v) is 23.2. The van der Waals surface area contributed by atoms with Crippen molar-refractivity contribution in [3.05, 3.63) is 24.3 Å². The van der Waals surface area contributed by atoms with Crippen molar-refractivity contribution in [2.45, 2.75) is 95.1 Å². The molecule has 3 saturated heterocycles. The number of hydrogen-bond donors (Lipinski definition) is 0. The SMILES string of the molecule is CC(=O)O[C@@H]1C(=O)OC[C@]23CC[C@@]4(C)O[C@H]4[C@H]2O[C@@H]2C[C@@H](OC(=O)/C=C\C=C\C(=O)OCC[C@H]1C)[C@@]3(C)[C@]21CO1. The second-order valence-corrected chi connectivity index (χ2v) is 12.4. The second-order valence-electron chi connectivity index (χ2n) is 12.4. The molecule has 0 unspecified atom stereocenters. The van der Waals surface area contributed by atoms with Crippen LogP contribution in [0.25, 0.3) is 0 Å². The Morgan fingerprint density at radius 2 is 1.70 bits per heavy atom. The summed E-state index contributed by atoms with van der Waals surface area (Å²) in [6.07, 6.45) is 4.62. The summed E-state index contributed by atoms with van der Waals surface area (Å²) in [6.45, 7) is 7.47. The Balaban J connectivity index is 1.38. The van der Waals surface area contributed by atoms with Crippen LogP contribution < -0.4 is 0 Å². The molecule has 11 nitrogen and oxygen atoms in total. The van der Waals surface area contributed by atoms with E-state index in [1.165, 1.54) is 31.2 Å². The molecular weight excluding hydrogens is 524 g/mol. The topological polar surface area (TPSA) is 139 Å². The van der Waals surface area contributed by atoms with Crippen LogP contribution in [0.3, 0.4) is 0 Å². The van der Waals surface area contributed by atoms with Gasteiger partial charge in [0, 0.05) is 36.8 Å². The summed E-state index contributed by atoms with van der Waals surface area (Å²) in [7, 11) is 0. The van der Waals surface area contributed by atoms with Crippen molar-refractivity contribution in [2.75, 3.05) is 19.8 Å². The maximum atomic E-state index is 13.5. The van der Waals surface area contributed by atoms with Crippen molar-refractivity contribution < 1.29 is 52.3 Å². The summed E-state index contributed by atoms with van der Waals surface area (Å²) in [5, 5.41) is 0. The van der Waals surface area contributed by atoms with E-state index in [-0.39, 0.29) is 37.4 Å². The molecule has 0 aromatic rings. The second kappa shape index (κ2) is 9.39. The molecule has 40 heavy (non-hydrogen) atoms. The van der Waals surface area contributed by atoms with Gasteiger partial charge < -0.3 is 33.2 Å². The molecule has 218 valence electrons. The van der Waals surface area contributed by atoms with E-state index < -0.39 is 64.5 Å². The van der Waals surface area contributed by atoms with Crippen LogP contribution in [0.15, 0.2) is 24.3 Å². The van der Waals surface area contributed by atoms with Gasteiger partial charge in [-0.3, -0.25) is 4.79 Å². The monoisotopic (exact) mass is 560 g/mol. The number of esters is 4. The molecule has 2 bridgehead atoms. The average molecular weight is 561 g/mol. The standard InChI is InChI=1S/C29H36O11/c1-16-9-12-34-20(31)7-5-6-8-21(32)38-18-13-19-29(15-36-29)27(18,4)28(14-35-25(33)22(16)37-17(2)30)11-10-26(3)23(40-26)24(28)39-19/h5-8,16,18-19,22-24H,9-15H2,1-4H3/b7-5+,8-6-/t16-,18-,19-,22+,23+,24-,26-,27-,28-,29+/m1/s1. The first kappa shape index (κ1) is 27.4. The van der Waals surface area contributed by atoms with Gasteiger partial charge in [0.25, 0.3) is 0 Å². The Morgan fingerprint density at radius 1 is 0.975 bits per heavy atom. The zero-order chi connectivity index (χ0) is 28.5. The van der Waals surface area contributed by atoms with E-state index in [2.05, 4.69) is 13.8 Å². The van der Waals surface area contributed by atoms with Crippen molar-refractivity contribution in [1.82, 2.24) is 0 Å². The quantitative estimate of drug-likeness (QED) is 0.264. The van der Waals surface area contributed by atoms with Crippen LogP contribution in [0.4, 0.5) is 0 Å². The number of carbonyl (C=O) groups is 4. The van der Waals surface area contributed by atoms with Gasteiger partial charge in [-0.05, 0) is 26.2 Å². The van der Waals surface area contributed by atoms with E-state index in [4.69, 9.17) is 33.2 Å². The highest BCUT2D eigenvalue weighted by Crippen LogP contribution is 2.75. The lowest BCUT2D eigenvalue weighted by Gasteiger charge is -2.58. The van der Waals surface area contributed by atoms with E-state index in [1.54, 1.807) is 6.92 Å². The van der Waals surface area contributed by atoms with Crippen molar-refractivity contribution in [3.8, 4) is 0 Å². The molecule has 4 aliphatic heterocycles. The van der Waals surface area contributed by atoms with E-state index in [0.29, 0.717) is 25.9 Å². The minimum Gasteiger partial charge on any atom is -0.463 e. The normalized spacial score (nSPS) is 49.6. The van der Waals surface area contributed by atoms with E-state index in [1.807, 2.05) is 0 Å². The Kier molecular flexibility index (Phi) is 6.43. The fourth-order valence-corrected chi connectivity index (χ4v) is 7.69. The molecule has 11 heteroatoms. The first-order valence-electron chi connectivity index (χ1n) is 14.0. The van der Waals surface area contributed by atoms with Crippen LogP contribution in [-0.4, -0.2) is 85.4 Å². The molecule has 0 radical (unpaired) electrons. The van der Waals surface area contributed by atoms with Gasteiger partial charge in [0.15, 0.2) is 0 Å². The Hall–Kier alpha value is -2.76. The molecule has 0 aromatic carbocycles. The number of ether oxygens (including phenoxy) is 7. The molecule has 0 aromatic heterocycles. The number of cyclic esters (lactones) is 2. The Morgan fingerprint density at radius 3 is 2.40 bits per heavy atom. The summed E-state index contributed by atoms with van der Waals surface area (Å²) in [6, 6.07) is 0. The summed E-state index contributed by atoms with van der Waals surface area (Å²) >= 11 is 0. The van der Waals surface area contributed by atoms with Crippen molar-refractivity contribution in [2.24, 2.45) is 16.7 Å². The molecule has 0 N–H and O–H groups in total. The van der Waals surface area contributed by atoms with Crippen LogP contribution in [0, 0.1) is 16.7 Å². The predicted octanol–water partition coefficient (Wildman–Crippen LogP) is 1.95. The third-order valence-electron chi connectivity index (χ3n) is 10.3. The Labute approximate surface area is 232 Å². The number of epoxide rings is 2. The highest BCUT2D eigenvalue weighted by molar-refractivity contribution is 5.84. The third-order valence-corrected chi connectivity index (χ3v) is 10.3. The van der Waals surface area contributed by atoms with Gasteiger partial charge in [0.05, 0.1) is 36.4 Å². The smallest absolute Gasteiger partial charge is 0.347 e.